The van der Waals surface area contributed by atoms with Gasteiger partial charge < -0.3 is 4.90 Å². The third-order valence-electron chi connectivity index (χ3n) is 3.33. The number of para-hydroxylation sites is 1. The number of allylic oxidation sites excluding steroid dienone is 1. The van der Waals surface area contributed by atoms with Crippen LogP contribution in [0.2, 0.25) is 0 Å². The van der Waals surface area contributed by atoms with Crippen LogP contribution < -0.4 is 4.90 Å². The van der Waals surface area contributed by atoms with Crippen molar-refractivity contribution in [3.05, 3.63) is 70.8 Å². The fraction of sp³-hybridized carbons (Fsp3) is 0.0588. The molecule has 1 heterocycles. The van der Waals surface area contributed by atoms with E-state index in [1.165, 1.54) is 11.8 Å². The van der Waals surface area contributed by atoms with Gasteiger partial charge in [0.25, 0.3) is 0 Å². The number of anilines is 1. The van der Waals surface area contributed by atoms with E-state index in [4.69, 9.17) is 0 Å². The SMILES string of the molecule is CN1/C(=C(/C#N)C(=O)c2ccccc2)Sc2ccccc21. The summed E-state index contributed by atoms with van der Waals surface area (Å²) in [5.74, 6) is -0.236. The number of nitrogens with zero attached hydrogens (tertiary/aromatic N) is 2. The van der Waals surface area contributed by atoms with Crippen molar-refractivity contribution in [3.63, 3.8) is 0 Å². The lowest BCUT2D eigenvalue weighted by Crippen LogP contribution is -2.15. The molecule has 102 valence electrons. The van der Waals surface area contributed by atoms with Gasteiger partial charge in [0.15, 0.2) is 0 Å². The number of carbonyl (C=O) groups is 1. The zero-order chi connectivity index (χ0) is 14.8. The monoisotopic (exact) mass is 292 g/mol. The minimum atomic E-state index is -0.236. The Kier molecular flexibility index (Phi) is 3.51. The van der Waals surface area contributed by atoms with Crippen LogP contribution in [0.3, 0.4) is 0 Å². The maximum absolute atomic E-state index is 12.5. The standard InChI is InChI=1S/C17H12N2OS/c1-19-14-9-5-6-10-15(14)21-17(19)13(11-18)16(20)12-7-3-2-4-8-12/h2-10H,1H3/b17-13+. The number of rotatable bonds is 2. The molecule has 2 aromatic rings. The predicted octanol–water partition coefficient (Wildman–Crippen LogP) is 3.85. The van der Waals surface area contributed by atoms with E-state index in [1.807, 2.05) is 42.3 Å². The summed E-state index contributed by atoms with van der Waals surface area (Å²) in [6, 6.07) is 18.9. The van der Waals surface area contributed by atoms with Crippen molar-refractivity contribution < 1.29 is 4.79 Å². The summed E-state index contributed by atoms with van der Waals surface area (Å²) in [7, 11) is 1.88. The van der Waals surface area contributed by atoms with E-state index < -0.39 is 0 Å². The van der Waals surface area contributed by atoms with Gasteiger partial charge in [-0.1, -0.05) is 54.2 Å². The minimum Gasteiger partial charge on any atom is -0.337 e. The lowest BCUT2D eigenvalue weighted by atomic mass is 10.1. The van der Waals surface area contributed by atoms with Gasteiger partial charge >= 0.3 is 0 Å². The van der Waals surface area contributed by atoms with Gasteiger partial charge in [0, 0.05) is 17.5 Å². The highest BCUT2D eigenvalue weighted by Crippen LogP contribution is 2.46. The zero-order valence-electron chi connectivity index (χ0n) is 11.4. The van der Waals surface area contributed by atoms with E-state index >= 15 is 0 Å². The molecule has 0 saturated heterocycles. The van der Waals surface area contributed by atoms with Gasteiger partial charge in [0.1, 0.15) is 16.7 Å². The van der Waals surface area contributed by atoms with E-state index in [0.717, 1.165) is 10.6 Å². The van der Waals surface area contributed by atoms with Crippen LogP contribution in [-0.2, 0) is 0 Å². The highest BCUT2D eigenvalue weighted by molar-refractivity contribution is 8.03. The minimum absolute atomic E-state index is 0.185. The summed E-state index contributed by atoms with van der Waals surface area (Å²) >= 11 is 1.46. The Labute approximate surface area is 127 Å². The van der Waals surface area contributed by atoms with Gasteiger partial charge in [-0.15, -0.1) is 0 Å². The van der Waals surface area contributed by atoms with E-state index in [0.29, 0.717) is 10.6 Å². The number of fused-ring (bicyclic) bond motifs is 1. The Morgan fingerprint density at radius 2 is 1.76 bits per heavy atom. The molecule has 3 nitrogen and oxygen atoms in total. The maximum atomic E-state index is 12.5. The molecule has 2 aromatic carbocycles. The summed E-state index contributed by atoms with van der Waals surface area (Å²) in [5.41, 5.74) is 1.74. The van der Waals surface area contributed by atoms with Crippen molar-refractivity contribution in [3.8, 4) is 6.07 Å². The summed E-state index contributed by atoms with van der Waals surface area (Å²) in [4.78, 5) is 15.5. The van der Waals surface area contributed by atoms with E-state index in [-0.39, 0.29) is 11.4 Å². The zero-order valence-corrected chi connectivity index (χ0v) is 12.2. The molecule has 3 rings (SSSR count). The van der Waals surface area contributed by atoms with Gasteiger partial charge in [-0.05, 0) is 12.1 Å². The van der Waals surface area contributed by atoms with Crippen molar-refractivity contribution in [1.29, 1.82) is 5.26 Å². The van der Waals surface area contributed by atoms with Gasteiger partial charge in [-0.25, -0.2) is 0 Å². The smallest absolute Gasteiger partial charge is 0.206 e. The van der Waals surface area contributed by atoms with Crippen LogP contribution in [-0.4, -0.2) is 12.8 Å². The molecule has 0 radical (unpaired) electrons. The molecule has 0 bridgehead atoms. The van der Waals surface area contributed by atoms with E-state index in [9.17, 15) is 10.1 Å². The van der Waals surface area contributed by atoms with Gasteiger partial charge in [-0.2, -0.15) is 5.26 Å². The molecule has 1 aliphatic heterocycles. The Hall–Kier alpha value is -2.51. The van der Waals surface area contributed by atoms with Crippen LogP contribution in [0.4, 0.5) is 5.69 Å². The maximum Gasteiger partial charge on any atom is 0.206 e. The van der Waals surface area contributed by atoms with Gasteiger partial charge in [0.2, 0.25) is 5.78 Å². The fourth-order valence-corrected chi connectivity index (χ4v) is 3.39. The second-order valence-electron chi connectivity index (χ2n) is 4.62. The number of hydrogen-bond donors (Lipinski definition) is 0. The topological polar surface area (TPSA) is 44.1 Å². The molecule has 0 atom stereocenters. The summed E-state index contributed by atoms with van der Waals surface area (Å²) < 4.78 is 0. The van der Waals surface area contributed by atoms with Crippen LogP contribution >= 0.6 is 11.8 Å². The molecule has 0 aliphatic carbocycles. The Balaban J connectivity index is 2.06. The predicted molar refractivity (Wildman–Crippen MR) is 84.1 cm³/mol. The number of carbonyl (C=O) groups excluding carboxylic acids is 1. The molecule has 0 unspecified atom stereocenters. The van der Waals surface area contributed by atoms with Crippen LogP contribution in [0.5, 0.6) is 0 Å². The molecule has 0 spiro atoms. The van der Waals surface area contributed by atoms with Crippen molar-refractivity contribution >= 4 is 23.2 Å². The van der Waals surface area contributed by atoms with Gasteiger partial charge in [0.05, 0.1) is 5.69 Å². The molecule has 21 heavy (non-hydrogen) atoms. The second-order valence-corrected chi connectivity index (χ2v) is 5.65. The van der Waals surface area contributed by atoms with Crippen molar-refractivity contribution in [2.75, 3.05) is 11.9 Å². The molecule has 1 aliphatic rings. The summed E-state index contributed by atoms with van der Waals surface area (Å²) in [6.45, 7) is 0. The normalized spacial score (nSPS) is 15.3. The third kappa shape index (κ3) is 2.32. The molecule has 0 aromatic heterocycles. The lowest BCUT2D eigenvalue weighted by Gasteiger charge is -2.14. The Morgan fingerprint density at radius 1 is 1.10 bits per heavy atom. The quantitative estimate of drug-likeness (QED) is 0.479. The molecule has 0 saturated carbocycles. The third-order valence-corrected chi connectivity index (χ3v) is 4.56. The summed E-state index contributed by atoms with van der Waals surface area (Å²) in [5, 5.41) is 10.1. The first kappa shape index (κ1) is 13.5. The first-order chi connectivity index (χ1) is 10.2. The Morgan fingerprint density at radius 3 is 2.43 bits per heavy atom. The van der Waals surface area contributed by atoms with Crippen molar-refractivity contribution in [2.24, 2.45) is 0 Å². The fourth-order valence-electron chi connectivity index (χ4n) is 2.25. The second kappa shape index (κ2) is 5.47. The number of hydrogen-bond acceptors (Lipinski definition) is 4. The van der Waals surface area contributed by atoms with E-state index in [2.05, 4.69) is 6.07 Å². The number of Topliss-reactive ketones (excluding diaryl/α,β-unsaturated/α-hetero) is 1. The van der Waals surface area contributed by atoms with Gasteiger partial charge in [-0.3, -0.25) is 4.79 Å². The van der Waals surface area contributed by atoms with Crippen molar-refractivity contribution in [1.82, 2.24) is 0 Å². The molecular formula is C17H12N2OS. The first-order valence-corrected chi connectivity index (χ1v) is 7.28. The number of thioether (sulfide) groups is 1. The average Bonchev–Trinajstić information content (AvgIpc) is 2.86. The molecule has 0 amide bonds. The van der Waals surface area contributed by atoms with Crippen molar-refractivity contribution in [2.45, 2.75) is 4.90 Å². The highest BCUT2D eigenvalue weighted by atomic mass is 32.2. The lowest BCUT2D eigenvalue weighted by molar-refractivity contribution is 0.103. The average molecular weight is 292 g/mol. The number of benzene rings is 2. The van der Waals surface area contributed by atoms with Crippen LogP contribution in [0, 0.1) is 11.3 Å². The summed E-state index contributed by atoms with van der Waals surface area (Å²) in [6.07, 6.45) is 0. The number of nitriles is 1. The number of ketones is 1. The van der Waals surface area contributed by atoms with E-state index in [1.54, 1.807) is 24.3 Å². The van der Waals surface area contributed by atoms with Crippen LogP contribution in [0.25, 0.3) is 0 Å². The molecule has 4 heteroatoms. The largest absolute Gasteiger partial charge is 0.337 e. The van der Waals surface area contributed by atoms with Crippen LogP contribution in [0.1, 0.15) is 10.4 Å². The molecular weight excluding hydrogens is 280 g/mol. The first-order valence-electron chi connectivity index (χ1n) is 6.47. The molecule has 0 fully saturated rings. The Bertz CT molecular complexity index is 775. The van der Waals surface area contributed by atoms with Crippen LogP contribution in [0.15, 0.2) is 70.1 Å². The highest BCUT2D eigenvalue weighted by Gasteiger charge is 2.28. The molecule has 0 N–H and O–H groups in total.